The predicted molar refractivity (Wildman–Crippen MR) is 85.0 cm³/mol. The second kappa shape index (κ2) is 7.28. The monoisotopic (exact) mass is 289 g/mol. The van der Waals surface area contributed by atoms with Gasteiger partial charge in [-0.3, -0.25) is 0 Å². The van der Waals surface area contributed by atoms with Gasteiger partial charge in [-0.2, -0.15) is 0 Å². The van der Waals surface area contributed by atoms with Crippen LogP contribution in [0.4, 0.5) is 0 Å². The molecule has 0 radical (unpaired) electrons. The number of fused-ring (bicyclic) bond motifs is 1. The van der Waals surface area contributed by atoms with E-state index in [1.807, 2.05) is 0 Å². The molecule has 21 heavy (non-hydrogen) atoms. The summed E-state index contributed by atoms with van der Waals surface area (Å²) in [7, 11) is 0. The molecule has 3 rings (SSSR count). The molecule has 0 amide bonds. The molecule has 1 fully saturated rings. The van der Waals surface area contributed by atoms with Gasteiger partial charge in [-0.25, -0.2) is 0 Å². The van der Waals surface area contributed by atoms with Crippen LogP contribution in [0.3, 0.4) is 0 Å². The standard InChI is InChI=1S/C18H27NO2/c1-2-19-17(10-5-7-14-8-6-12-20-14)16-13-21-18-11-4-3-9-15(16)18/h3-4,9,11,14,16-17,19H,2,5-8,10,12-13H2,1H3. The van der Waals surface area contributed by atoms with Crippen molar-refractivity contribution in [2.75, 3.05) is 19.8 Å². The van der Waals surface area contributed by atoms with Crippen LogP contribution in [0.5, 0.6) is 5.75 Å². The Morgan fingerprint density at radius 1 is 1.33 bits per heavy atom. The number of benzene rings is 1. The smallest absolute Gasteiger partial charge is 0.122 e. The lowest BCUT2D eigenvalue weighted by Gasteiger charge is -2.24. The summed E-state index contributed by atoms with van der Waals surface area (Å²) >= 11 is 0. The van der Waals surface area contributed by atoms with Gasteiger partial charge >= 0.3 is 0 Å². The van der Waals surface area contributed by atoms with Gasteiger partial charge in [-0.15, -0.1) is 0 Å². The summed E-state index contributed by atoms with van der Waals surface area (Å²) in [4.78, 5) is 0. The van der Waals surface area contributed by atoms with Gasteiger partial charge in [-0.1, -0.05) is 25.1 Å². The summed E-state index contributed by atoms with van der Waals surface area (Å²) in [5, 5.41) is 3.67. The highest BCUT2D eigenvalue weighted by Crippen LogP contribution is 2.37. The Labute approximate surface area is 128 Å². The number of hydrogen-bond donors (Lipinski definition) is 1. The SMILES string of the molecule is CCNC(CCCC1CCCO1)C1COc2ccccc21. The molecule has 116 valence electrons. The normalized spacial score (nSPS) is 25.6. The lowest BCUT2D eigenvalue weighted by Crippen LogP contribution is -2.35. The second-order valence-electron chi connectivity index (χ2n) is 6.19. The van der Waals surface area contributed by atoms with E-state index in [1.165, 1.54) is 37.7 Å². The van der Waals surface area contributed by atoms with Crippen molar-refractivity contribution in [2.45, 2.75) is 57.1 Å². The Kier molecular flexibility index (Phi) is 5.15. The van der Waals surface area contributed by atoms with Crippen LogP contribution in [0.15, 0.2) is 24.3 Å². The minimum absolute atomic E-state index is 0.491. The highest BCUT2D eigenvalue weighted by molar-refractivity contribution is 5.40. The number of hydrogen-bond acceptors (Lipinski definition) is 3. The largest absolute Gasteiger partial charge is 0.493 e. The average Bonchev–Trinajstić information content (AvgIpc) is 3.16. The third kappa shape index (κ3) is 3.58. The Balaban J connectivity index is 1.56. The first-order chi connectivity index (χ1) is 10.4. The molecule has 0 bridgehead atoms. The highest BCUT2D eigenvalue weighted by atomic mass is 16.5. The van der Waals surface area contributed by atoms with E-state index in [9.17, 15) is 0 Å². The summed E-state index contributed by atoms with van der Waals surface area (Å²) in [6.45, 7) is 4.99. The molecule has 1 aromatic rings. The molecule has 2 heterocycles. The number of ether oxygens (including phenoxy) is 2. The molecular weight excluding hydrogens is 262 g/mol. The minimum atomic E-state index is 0.491. The van der Waals surface area contributed by atoms with Crippen LogP contribution in [0.2, 0.25) is 0 Å². The van der Waals surface area contributed by atoms with Crippen molar-refractivity contribution >= 4 is 0 Å². The van der Waals surface area contributed by atoms with E-state index in [1.54, 1.807) is 0 Å². The van der Waals surface area contributed by atoms with Crippen molar-refractivity contribution in [1.29, 1.82) is 0 Å². The first-order valence-corrected chi connectivity index (χ1v) is 8.45. The third-order valence-corrected chi connectivity index (χ3v) is 4.75. The molecule has 3 unspecified atom stereocenters. The molecule has 3 heteroatoms. The first-order valence-electron chi connectivity index (χ1n) is 8.45. The summed E-state index contributed by atoms with van der Waals surface area (Å²) in [5.74, 6) is 1.56. The van der Waals surface area contributed by atoms with Crippen molar-refractivity contribution in [3.05, 3.63) is 29.8 Å². The van der Waals surface area contributed by atoms with Crippen molar-refractivity contribution in [2.24, 2.45) is 0 Å². The van der Waals surface area contributed by atoms with E-state index in [0.717, 1.165) is 25.5 Å². The lowest BCUT2D eigenvalue weighted by molar-refractivity contribution is 0.101. The van der Waals surface area contributed by atoms with Gasteiger partial charge < -0.3 is 14.8 Å². The minimum Gasteiger partial charge on any atom is -0.493 e. The van der Waals surface area contributed by atoms with E-state index in [4.69, 9.17) is 9.47 Å². The van der Waals surface area contributed by atoms with Crippen LogP contribution in [-0.2, 0) is 4.74 Å². The quantitative estimate of drug-likeness (QED) is 0.833. The number of nitrogens with one attached hydrogen (secondary N) is 1. The van der Waals surface area contributed by atoms with Crippen molar-refractivity contribution in [3.63, 3.8) is 0 Å². The predicted octanol–water partition coefficient (Wildman–Crippen LogP) is 3.49. The molecule has 3 nitrogen and oxygen atoms in total. The second-order valence-corrected chi connectivity index (χ2v) is 6.19. The molecule has 0 spiro atoms. The zero-order valence-electron chi connectivity index (χ0n) is 13.0. The molecule has 2 aliphatic heterocycles. The van der Waals surface area contributed by atoms with Gasteiger partial charge in [-0.05, 0) is 44.7 Å². The van der Waals surface area contributed by atoms with Gasteiger partial charge in [0.05, 0.1) is 12.7 Å². The molecule has 1 saturated heterocycles. The van der Waals surface area contributed by atoms with E-state index >= 15 is 0 Å². The van der Waals surface area contributed by atoms with Gasteiger partial charge in [0.1, 0.15) is 5.75 Å². The van der Waals surface area contributed by atoms with Crippen molar-refractivity contribution in [1.82, 2.24) is 5.32 Å². The van der Waals surface area contributed by atoms with Crippen LogP contribution in [0.1, 0.15) is 50.5 Å². The van der Waals surface area contributed by atoms with Crippen LogP contribution >= 0.6 is 0 Å². The van der Waals surface area contributed by atoms with Gasteiger partial charge in [0.15, 0.2) is 0 Å². The van der Waals surface area contributed by atoms with Crippen LogP contribution in [0, 0.1) is 0 Å². The van der Waals surface area contributed by atoms with Gasteiger partial charge in [0.2, 0.25) is 0 Å². The summed E-state index contributed by atoms with van der Waals surface area (Å²) < 4.78 is 11.6. The number of likely N-dealkylation sites (N-methyl/N-ethyl adjacent to an activating group) is 1. The zero-order valence-corrected chi connectivity index (χ0v) is 13.0. The zero-order chi connectivity index (χ0) is 14.5. The fraction of sp³-hybridized carbons (Fsp3) is 0.667. The summed E-state index contributed by atoms with van der Waals surface area (Å²) in [5.41, 5.74) is 1.38. The number of para-hydroxylation sites is 1. The Hall–Kier alpha value is -1.06. The van der Waals surface area contributed by atoms with Crippen LogP contribution in [0.25, 0.3) is 0 Å². The van der Waals surface area contributed by atoms with E-state index < -0.39 is 0 Å². The molecule has 1 aromatic carbocycles. The molecule has 2 aliphatic rings. The van der Waals surface area contributed by atoms with Gasteiger partial charge in [0.25, 0.3) is 0 Å². The topological polar surface area (TPSA) is 30.5 Å². The Morgan fingerprint density at radius 2 is 2.24 bits per heavy atom. The van der Waals surface area contributed by atoms with E-state index in [-0.39, 0.29) is 0 Å². The maximum atomic E-state index is 5.85. The Bertz CT molecular complexity index is 443. The fourth-order valence-corrected chi connectivity index (χ4v) is 3.67. The highest BCUT2D eigenvalue weighted by Gasteiger charge is 2.30. The summed E-state index contributed by atoms with van der Waals surface area (Å²) in [6, 6.07) is 9.00. The van der Waals surface area contributed by atoms with Crippen molar-refractivity contribution < 1.29 is 9.47 Å². The first kappa shape index (κ1) is 14.9. The molecule has 0 aromatic heterocycles. The lowest BCUT2D eigenvalue weighted by atomic mass is 9.89. The fourth-order valence-electron chi connectivity index (χ4n) is 3.67. The molecule has 3 atom stereocenters. The molecule has 1 N–H and O–H groups in total. The summed E-state index contributed by atoms with van der Waals surface area (Å²) in [6.07, 6.45) is 6.65. The molecule has 0 saturated carbocycles. The molecule has 0 aliphatic carbocycles. The van der Waals surface area contributed by atoms with Crippen molar-refractivity contribution in [3.8, 4) is 5.75 Å². The van der Waals surface area contributed by atoms with E-state index in [2.05, 4.69) is 36.5 Å². The third-order valence-electron chi connectivity index (χ3n) is 4.75. The maximum absolute atomic E-state index is 5.85. The Morgan fingerprint density at radius 3 is 3.05 bits per heavy atom. The number of rotatable bonds is 7. The van der Waals surface area contributed by atoms with Crippen LogP contribution in [-0.4, -0.2) is 31.9 Å². The maximum Gasteiger partial charge on any atom is 0.122 e. The van der Waals surface area contributed by atoms with Crippen LogP contribution < -0.4 is 10.1 Å². The molecular formula is C18H27NO2. The van der Waals surface area contributed by atoms with Gasteiger partial charge in [0, 0.05) is 24.1 Å². The van der Waals surface area contributed by atoms with E-state index in [0.29, 0.717) is 18.1 Å². The average molecular weight is 289 g/mol.